The van der Waals surface area contributed by atoms with Crippen LogP contribution < -0.4 is 0 Å². The number of benzene rings is 2. The summed E-state index contributed by atoms with van der Waals surface area (Å²) in [4.78, 5) is 2.60. The summed E-state index contributed by atoms with van der Waals surface area (Å²) in [6.45, 7) is 6.58. The third kappa shape index (κ3) is 5.78. The van der Waals surface area contributed by atoms with Crippen molar-refractivity contribution in [3.63, 3.8) is 0 Å². The van der Waals surface area contributed by atoms with Crippen molar-refractivity contribution in [2.75, 3.05) is 13.1 Å². The Morgan fingerprint density at radius 3 is 2.34 bits per heavy atom. The Morgan fingerprint density at radius 1 is 1.03 bits per heavy atom. The maximum Gasteiger partial charge on any atom is 0.128 e. The van der Waals surface area contributed by atoms with Crippen LogP contribution in [0.5, 0.6) is 0 Å². The maximum absolute atomic E-state index is 15.0. The second kappa shape index (κ2) is 12.2. The SMILES string of the molecule is CCCN(CCc1ccccc1)C(CC)CCC(C#N)(c1ccccc1F)C1CCCC1. The number of nitriles is 1. The van der Waals surface area contributed by atoms with Crippen molar-refractivity contribution in [2.24, 2.45) is 5.92 Å². The largest absolute Gasteiger partial charge is 0.300 e. The Balaban J connectivity index is 1.78. The molecule has 172 valence electrons. The van der Waals surface area contributed by atoms with Crippen LogP contribution in [-0.4, -0.2) is 24.0 Å². The number of hydrogen-bond acceptors (Lipinski definition) is 2. The van der Waals surface area contributed by atoms with Crippen LogP contribution in [0, 0.1) is 23.1 Å². The summed E-state index contributed by atoms with van der Waals surface area (Å²) in [5, 5.41) is 10.5. The number of nitrogens with zero attached hydrogens (tertiary/aromatic N) is 2. The quantitative estimate of drug-likeness (QED) is 0.351. The van der Waals surface area contributed by atoms with Gasteiger partial charge in [0.25, 0.3) is 0 Å². The van der Waals surface area contributed by atoms with Crippen molar-refractivity contribution < 1.29 is 4.39 Å². The summed E-state index contributed by atoms with van der Waals surface area (Å²) in [6, 6.07) is 20.8. The molecular weight excluding hydrogens is 395 g/mol. The standard InChI is InChI=1S/C29H39FN2/c1-3-21-32(22-19-24-12-6-5-7-13-24)26(4-2)18-20-29(23-31,25-14-8-9-15-25)27-16-10-11-17-28(27)30/h5-7,10-13,16-17,25-26H,3-4,8-9,14-15,18-22H2,1-2H3. The molecule has 0 bridgehead atoms. The lowest BCUT2D eigenvalue weighted by atomic mass is 9.67. The molecule has 32 heavy (non-hydrogen) atoms. The Kier molecular flexibility index (Phi) is 9.30. The fourth-order valence-electron chi connectivity index (χ4n) is 5.73. The zero-order chi connectivity index (χ0) is 22.8. The summed E-state index contributed by atoms with van der Waals surface area (Å²) in [6.07, 6.45) is 9.25. The maximum atomic E-state index is 15.0. The van der Waals surface area contributed by atoms with Crippen LogP contribution in [0.15, 0.2) is 54.6 Å². The molecule has 0 saturated heterocycles. The molecule has 0 N–H and O–H groups in total. The zero-order valence-electron chi connectivity index (χ0n) is 19.9. The van der Waals surface area contributed by atoms with Crippen LogP contribution in [0.1, 0.15) is 76.3 Å². The third-order valence-electron chi connectivity index (χ3n) is 7.51. The van der Waals surface area contributed by atoms with Gasteiger partial charge in [-0.3, -0.25) is 0 Å². The summed E-state index contributed by atoms with van der Waals surface area (Å²) in [5.41, 5.74) is 1.27. The highest BCUT2D eigenvalue weighted by Crippen LogP contribution is 2.46. The predicted molar refractivity (Wildman–Crippen MR) is 131 cm³/mol. The molecule has 1 saturated carbocycles. The molecule has 3 rings (SSSR count). The monoisotopic (exact) mass is 434 g/mol. The molecule has 2 aromatic carbocycles. The molecule has 1 fully saturated rings. The second-order valence-electron chi connectivity index (χ2n) is 9.42. The van der Waals surface area contributed by atoms with Crippen molar-refractivity contribution in [1.29, 1.82) is 5.26 Å². The van der Waals surface area contributed by atoms with Gasteiger partial charge in [0.15, 0.2) is 0 Å². The van der Waals surface area contributed by atoms with Crippen LogP contribution in [0.2, 0.25) is 0 Å². The van der Waals surface area contributed by atoms with Gasteiger partial charge < -0.3 is 4.90 Å². The van der Waals surface area contributed by atoms with E-state index >= 15 is 0 Å². The van der Waals surface area contributed by atoms with E-state index in [1.807, 2.05) is 12.1 Å². The van der Waals surface area contributed by atoms with Crippen molar-refractivity contribution in [3.8, 4) is 6.07 Å². The summed E-state index contributed by atoms with van der Waals surface area (Å²) in [5.74, 6) is 0.0364. The van der Waals surface area contributed by atoms with E-state index in [4.69, 9.17) is 0 Å². The molecule has 0 radical (unpaired) electrons. The van der Waals surface area contributed by atoms with E-state index in [-0.39, 0.29) is 11.7 Å². The average Bonchev–Trinajstić information content (AvgIpc) is 3.37. The van der Waals surface area contributed by atoms with Crippen LogP contribution >= 0.6 is 0 Å². The lowest BCUT2D eigenvalue weighted by molar-refractivity contribution is 0.166. The van der Waals surface area contributed by atoms with Gasteiger partial charge in [0.05, 0.1) is 11.5 Å². The summed E-state index contributed by atoms with van der Waals surface area (Å²) in [7, 11) is 0. The molecule has 2 nitrogen and oxygen atoms in total. The molecule has 0 aliphatic heterocycles. The molecule has 1 aliphatic carbocycles. The molecule has 0 heterocycles. The minimum Gasteiger partial charge on any atom is -0.300 e. The second-order valence-corrected chi connectivity index (χ2v) is 9.42. The molecule has 2 unspecified atom stereocenters. The minimum absolute atomic E-state index is 0.219. The van der Waals surface area contributed by atoms with Crippen molar-refractivity contribution in [2.45, 2.75) is 83.1 Å². The van der Waals surface area contributed by atoms with Gasteiger partial charge in [-0.05, 0) is 69.0 Å². The van der Waals surface area contributed by atoms with Gasteiger partial charge in [-0.25, -0.2) is 4.39 Å². The molecule has 2 atom stereocenters. The van der Waals surface area contributed by atoms with Crippen molar-refractivity contribution in [1.82, 2.24) is 4.90 Å². The van der Waals surface area contributed by atoms with Crippen molar-refractivity contribution in [3.05, 3.63) is 71.5 Å². The number of halogens is 1. The third-order valence-corrected chi connectivity index (χ3v) is 7.51. The van der Waals surface area contributed by atoms with Gasteiger partial charge >= 0.3 is 0 Å². The smallest absolute Gasteiger partial charge is 0.128 e. The lowest BCUT2D eigenvalue weighted by Crippen LogP contribution is -2.40. The summed E-state index contributed by atoms with van der Waals surface area (Å²) < 4.78 is 15.0. The molecular formula is C29H39FN2. The van der Waals surface area contributed by atoms with Gasteiger partial charge in [0, 0.05) is 18.2 Å². The number of rotatable bonds is 12. The predicted octanol–water partition coefficient (Wildman–Crippen LogP) is 7.29. The van der Waals surface area contributed by atoms with E-state index in [0.717, 1.165) is 70.9 Å². The van der Waals surface area contributed by atoms with Crippen LogP contribution in [-0.2, 0) is 11.8 Å². The van der Waals surface area contributed by atoms with E-state index in [2.05, 4.69) is 55.1 Å². The summed E-state index contributed by atoms with van der Waals surface area (Å²) >= 11 is 0. The minimum atomic E-state index is -0.716. The van der Waals surface area contributed by atoms with Gasteiger partial charge in [-0.1, -0.05) is 75.2 Å². The Bertz CT molecular complexity index is 853. The van der Waals surface area contributed by atoms with Crippen LogP contribution in [0.25, 0.3) is 0 Å². The van der Waals surface area contributed by atoms with E-state index < -0.39 is 5.41 Å². The Hall–Kier alpha value is -2.18. The fraction of sp³-hybridized carbons (Fsp3) is 0.552. The highest BCUT2D eigenvalue weighted by molar-refractivity contribution is 5.35. The molecule has 0 amide bonds. The first kappa shape index (κ1) is 24.5. The normalized spacial score (nSPS) is 17.2. The zero-order valence-corrected chi connectivity index (χ0v) is 19.9. The average molecular weight is 435 g/mol. The van der Waals surface area contributed by atoms with Crippen LogP contribution in [0.3, 0.4) is 0 Å². The number of hydrogen-bond donors (Lipinski definition) is 0. The van der Waals surface area contributed by atoms with Gasteiger partial charge in [0.1, 0.15) is 5.82 Å². The molecule has 1 aliphatic rings. The first-order valence-electron chi connectivity index (χ1n) is 12.6. The molecule has 0 spiro atoms. The first-order chi connectivity index (χ1) is 15.6. The van der Waals surface area contributed by atoms with E-state index in [9.17, 15) is 9.65 Å². The highest BCUT2D eigenvalue weighted by atomic mass is 19.1. The molecule has 2 aromatic rings. The Morgan fingerprint density at radius 2 is 1.72 bits per heavy atom. The van der Waals surface area contributed by atoms with E-state index in [1.54, 1.807) is 6.07 Å². The molecule has 3 heteroatoms. The van der Waals surface area contributed by atoms with E-state index in [0.29, 0.717) is 11.6 Å². The highest BCUT2D eigenvalue weighted by Gasteiger charge is 2.43. The van der Waals surface area contributed by atoms with Gasteiger partial charge in [-0.2, -0.15) is 5.26 Å². The van der Waals surface area contributed by atoms with Gasteiger partial charge in [-0.15, -0.1) is 0 Å². The van der Waals surface area contributed by atoms with Crippen molar-refractivity contribution >= 4 is 0 Å². The van der Waals surface area contributed by atoms with E-state index in [1.165, 1.54) is 11.6 Å². The first-order valence-corrected chi connectivity index (χ1v) is 12.6. The fourth-order valence-corrected chi connectivity index (χ4v) is 5.73. The Labute approximate surface area is 194 Å². The van der Waals surface area contributed by atoms with Crippen LogP contribution in [0.4, 0.5) is 4.39 Å². The molecule has 0 aromatic heterocycles. The topological polar surface area (TPSA) is 27.0 Å². The lowest BCUT2D eigenvalue weighted by Gasteiger charge is -2.37. The van der Waals surface area contributed by atoms with Gasteiger partial charge in [0.2, 0.25) is 0 Å².